The predicted octanol–water partition coefficient (Wildman–Crippen LogP) is 4.52. The average molecular weight is 288 g/mol. The quantitative estimate of drug-likeness (QED) is 0.590. The molecule has 0 bridgehead atoms. The largest absolute Gasteiger partial charge is 0.497 e. The smallest absolute Gasteiger partial charge is 0.162 e. The second-order valence-corrected chi connectivity index (χ2v) is 5.91. The highest BCUT2D eigenvalue weighted by atomic mass is 16.5. The number of ether oxygens (including phenoxy) is 2. The van der Waals surface area contributed by atoms with Gasteiger partial charge in [0.05, 0.1) is 7.11 Å². The van der Waals surface area contributed by atoms with Crippen LogP contribution in [0.5, 0.6) is 11.5 Å². The summed E-state index contributed by atoms with van der Waals surface area (Å²) in [5.74, 6) is 3.12. The van der Waals surface area contributed by atoms with Crippen molar-refractivity contribution in [2.45, 2.75) is 46.0 Å². The van der Waals surface area contributed by atoms with Gasteiger partial charge >= 0.3 is 0 Å². The molecule has 0 heterocycles. The van der Waals surface area contributed by atoms with E-state index >= 15 is 0 Å². The summed E-state index contributed by atoms with van der Waals surface area (Å²) in [5, 5.41) is 0. The molecule has 1 aliphatic carbocycles. The maximum Gasteiger partial charge on any atom is 0.162 e. The van der Waals surface area contributed by atoms with Crippen LogP contribution in [0.25, 0.3) is 0 Å². The molecule has 0 unspecified atom stereocenters. The maximum atomic E-state index is 12.2. The second-order valence-electron chi connectivity index (χ2n) is 5.91. The Bertz CT molecular complexity index is 512. The summed E-state index contributed by atoms with van der Waals surface area (Å²) in [6.07, 6.45) is 4.38. The summed E-state index contributed by atoms with van der Waals surface area (Å²) in [6, 6.07) is 7.51. The zero-order valence-corrected chi connectivity index (χ0v) is 13.1. The van der Waals surface area contributed by atoms with Crippen molar-refractivity contribution >= 4 is 5.78 Å². The Hall–Kier alpha value is -1.77. The van der Waals surface area contributed by atoms with Crippen LogP contribution in [-0.2, 0) is 4.79 Å². The Morgan fingerprint density at radius 1 is 1.10 bits per heavy atom. The minimum Gasteiger partial charge on any atom is -0.497 e. The molecule has 0 radical (unpaired) electrons. The van der Waals surface area contributed by atoms with E-state index in [1.54, 1.807) is 7.11 Å². The van der Waals surface area contributed by atoms with Crippen LogP contribution in [0.4, 0.5) is 0 Å². The van der Waals surface area contributed by atoms with Gasteiger partial charge in [0.15, 0.2) is 5.78 Å². The van der Waals surface area contributed by atoms with E-state index in [4.69, 9.17) is 9.47 Å². The lowest BCUT2D eigenvalue weighted by molar-refractivity contribution is -0.116. The SMILES string of the molecule is COc1ccc(O/C(CC(C)C)=C2\CCCCC2=O)cc1. The third kappa shape index (κ3) is 4.35. The van der Waals surface area contributed by atoms with Crippen molar-refractivity contribution in [2.24, 2.45) is 5.92 Å². The van der Waals surface area contributed by atoms with E-state index in [-0.39, 0.29) is 5.78 Å². The van der Waals surface area contributed by atoms with Crippen molar-refractivity contribution in [3.8, 4) is 11.5 Å². The monoisotopic (exact) mass is 288 g/mol. The highest BCUT2D eigenvalue weighted by Gasteiger charge is 2.21. The van der Waals surface area contributed by atoms with Crippen molar-refractivity contribution < 1.29 is 14.3 Å². The molecule has 1 fully saturated rings. The van der Waals surface area contributed by atoms with Gasteiger partial charge in [0.1, 0.15) is 17.3 Å². The van der Waals surface area contributed by atoms with Gasteiger partial charge in [0, 0.05) is 18.4 Å². The molecule has 0 amide bonds. The van der Waals surface area contributed by atoms with E-state index in [1.807, 2.05) is 24.3 Å². The number of allylic oxidation sites excluding steroid dienone is 2. The maximum absolute atomic E-state index is 12.2. The highest BCUT2D eigenvalue weighted by molar-refractivity contribution is 5.96. The van der Waals surface area contributed by atoms with Gasteiger partial charge in [-0.1, -0.05) is 13.8 Å². The summed E-state index contributed by atoms with van der Waals surface area (Å²) < 4.78 is 11.2. The molecule has 0 aliphatic heterocycles. The van der Waals surface area contributed by atoms with Gasteiger partial charge in [-0.15, -0.1) is 0 Å². The summed E-state index contributed by atoms with van der Waals surface area (Å²) in [7, 11) is 1.64. The summed E-state index contributed by atoms with van der Waals surface area (Å²) in [6.45, 7) is 4.29. The molecule has 0 atom stereocenters. The van der Waals surface area contributed by atoms with E-state index in [1.165, 1.54) is 0 Å². The van der Waals surface area contributed by atoms with Crippen LogP contribution in [0.2, 0.25) is 0 Å². The molecule has 3 nitrogen and oxygen atoms in total. The van der Waals surface area contributed by atoms with Crippen molar-refractivity contribution in [2.75, 3.05) is 7.11 Å². The summed E-state index contributed by atoms with van der Waals surface area (Å²) >= 11 is 0. The van der Waals surface area contributed by atoms with E-state index in [0.29, 0.717) is 12.3 Å². The fourth-order valence-corrected chi connectivity index (χ4v) is 2.56. The molecule has 1 aromatic carbocycles. The number of Topliss-reactive ketones (excluding diaryl/α,β-unsaturated/α-hetero) is 1. The van der Waals surface area contributed by atoms with E-state index in [2.05, 4.69) is 13.8 Å². The molecule has 0 saturated heterocycles. The first-order valence-corrected chi connectivity index (χ1v) is 7.67. The Kier molecular flexibility index (Phi) is 5.43. The van der Waals surface area contributed by atoms with Gasteiger partial charge in [-0.25, -0.2) is 0 Å². The lowest BCUT2D eigenvalue weighted by Gasteiger charge is -2.20. The zero-order valence-electron chi connectivity index (χ0n) is 13.1. The van der Waals surface area contributed by atoms with E-state index in [9.17, 15) is 4.79 Å². The Labute approximate surface area is 127 Å². The minimum atomic E-state index is 0.255. The Morgan fingerprint density at radius 3 is 2.29 bits per heavy atom. The molecule has 21 heavy (non-hydrogen) atoms. The van der Waals surface area contributed by atoms with Crippen LogP contribution in [0.1, 0.15) is 46.0 Å². The van der Waals surface area contributed by atoms with E-state index in [0.717, 1.165) is 48.5 Å². The van der Waals surface area contributed by atoms with Gasteiger partial charge in [0.2, 0.25) is 0 Å². The van der Waals surface area contributed by atoms with Crippen molar-refractivity contribution in [1.29, 1.82) is 0 Å². The summed E-state index contributed by atoms with van der Waals surface area (Å²) in [4.78, 5) is 12.2. The Balaban J connectivity index is 2.22. The molecule has 0 N–H and O–H groups in total. The average Bonchev–Trinajstić information content (AvgIpc) is 2.47. The van der Waals surface area contributed by atoms with Gasteiger partial charge in [-0.2, -0.15) is 0 Å². The molecule has 0 spiro atoms. The van der Waals surface area contributed by atoms with E-state index < -0.39 is 0 Å². The van der Waals surface area contributed by atoms with Crippen LogP contribution in [0.15, 0.2) is 35.6 Å². The first kappa shape index (κ1) is 15.6. The third-order valence-corrected chi connectivity index (χ3v) is 3.65. The van der Waals surface area contributed by atoms with Crippen molar-refractivity contribution in [3.63, 3.8) is 0 Å². The number of ketones is 1. The Morgan fingerprint density at radius 2 is 1.71 bits per heavy atom. The third-order valence-electron chi connectivity index (χ3n) is 3.65. The van der Waals surface area contributed by atoms with Gasteiger partial charge in [0.25, 0.3) is 0 Å². The van der Waals surface area contributed by atoms with Gasteiger partial charge < -0.3 is 9.47 Å². The number of rotatable bonds is 5. The van der Waals surface area contributed by atoms with Crippen molar-refractivity contribution in [3.05, 3.63) is 35.6 Å². The molecule has 1 aliphatic rings. The lowest BCUT2D eigenvalue weighted by Crippen LogP contribution is -2.15. The molecule has 3 heteroatoms. The number of carbonyl (C=O) groups excluding carboxylic acids is 1. The number of hydrogen-bond acceptors (Lipinski definition) is 3. The topological polar surface area (TPSA) is 35.5 Å². The zero-order chi connectivity index (χ0) is 15.2. The number of benzene rings is 1. The van der Waals surface area contributed by atoms with Crippen LogP contribution in [0.3, 0.4) is 0 Å². The van der Waals surface area contributed by atoms with Crippen LogP contribution in [0, 0.1) is 5.92 Å². The predicted molar refractivity (Wildman–Crippen MR) is 83.6 cm³/mol. The molecular weight excluding hydrogens is 264 g/mol. The second kappa shape index (κ2) is 7.30. The van der Waals surface area contributed by atoms with Crippen LogP contribution < -0.4 is 9.47 Å². The number of methoxy groups -OCH3 is 1. The lowest BCUT2D eigenvalue weighted by atomic mass is 9.90. The molecular formula is C18H24O3. The molecule has 114 valence electrons. The van der Waals surface area contributed by atoms with Gasteiger partial charge in [-0.3, -0.25) is 4.79 Å². The first-order valence-electron chi connectivity index (χ1n) is 7.67. The number of carbonyl (C=O) groups is 1. The first-order chi connectivity index (χ1) is 10.1. The fraction of sp³-hybridized carbons (Fsp3) is 0.500. The van der Waals surface area contributed by atoms with Crippen LogP contribution in [-0.4, -0.2) is 12.9 Å². The summed E-state index contributed by atoms with van der Waals surface area (Å²) in [5.41, 5.74) is 0.894. The molecule has 2 rings (SSSR count). The standard InChI is InChI=1S/C18H24O3/c1-13(2)12-18(16-6-4-5-7-17(16)19)21-15-10-8-14(20-3)9-11-15/h8-11,13H,4-7,12H2,1-3H3/b18-16+. The molecule has 1 saturated carbocycles. The highest BCUT2D eigenvalue weighted by Crippen LogP contribution is 2.29. The number of hydrogen-bond donors (Lipinski definition) is 0. The fourth-order valence-electron chi connectivity index (χ4n) is 2.56. The normalized spacial score (nSPS) is 17.8. The van der Waals surface area contributed by atoms with Crippen LogP contribution >= 0.6 is 0 Å². The molecule has 0 aromatic heterocycles. The molecule has 1 aromatic rings. The van der Waals surface area contributed by atoms with Gasteiger partial charge in [-0.05, 0) is 49.4 Å². The minimum absolute atomic E-state index is 0.255. The van der Waals surface area contributed by atoms with Crippen molar-refractivity contribution in [1.82, 2.24) is 0 Å².